The number of carbonyl (C=O) groups excluding carboxylic acids is 1. The summed E-state index contributed by atoms with van der Waals surface area (Å²) in [4.78, 5) is 15.0. The fourth-order valence-electron chi connectivity index (χ4n) is 3.16. The maximum absolute atomic E-state index is 12.6. The van der Waals surface area contributed by atoms with Gasteiger partial charge in [-0.15, -0.1) is 0 Å². The van der Waals surface area contributed by atoms with E-state index in [-0.39, 0.29) is 10.8 Å². The van der Waals surface area contributed by atoms with Gasteiger partial charge >= 0.3 is 0 Å². The molecular formula is C24H27N3O3S. The fraction of sp³-hybridized carbons (Fsp3) is 0.208. The average molecular weight is 438 g/mol. The third-order valence-electron chi connectivity index (χ3n) is 4.94. The maximum atomic E-state index is 12.6. The molecule has 0 aliphatic rings. The van der Waals surface area contributed by atoms with Gasteiger partial charge in [0.15, 0.2) is 0 Å². The number of rotatable bonds is 9. The Bertz CT molecular complexity index is 1110. The van der Waals surface area contributed by atoms with Gasteiger partial charge in [-0.05, 0) is 67.2 Å². The minimum Gasteiger partial charge on any atom is -0.322 e. The maximum Gasteiger partial charge on any atom is 0.261 e. The van der Waals surface area contributed by atoms with Crippen molar-refractivity contribution in [3.05, 3.63) is 90.0 Å². The van der Waals surface area contributed by atoms with E-state index in [0.29, 0.717) is 16.9 Å². The predicted molar refractivity (Wildman–Crippen MR) is 125 cm³/mol. The molecule has 0 aromatic heterocycles. The molecule has 3 aromatic rings. The lowest BCUT2D eigenvalue weighted by Crippen LogP contribution is -2.22. The molecule has 0 bridgehead atoms. The number of sulfonamides is 1. The highest BCUT2D eigenvalue weighted by molar-refractivity contribution is 7.92. The molecule has 0 saturated heterocycles. The summed E-state index contributed by atoms with van der Waals surface area (Å²) >= 11 is 0. The lowest BCUT2D eigenvalue weighted by molar-refractivity contribution is 0.102. The van der Waals surface area contributed by atoms with E-state index in [4.69, 9.17) is 0 Å². The van der Waals surface area contributed by atoms with Crippen molar-refractivity contribution in [1.82, 2.24) is 4.90 Å². The standard InChI is InChI=1S/C24H27N3O3S/c1-3-27(4-2)18-19-9-8-12-22(17-19)25-24(28)20-13-15-23(16-14-20)31(29,30)26-21-10-6-5-7-11-21/h5-17,26H,3-4,18H2,1-2H3,(H,25,28). The summed E-state index contributed by atoms with van der Waals surface area (Å²) < 4.78 is 27.6. The molecule has 0 heterocycles. The highest BCUT2D eigenvalue weighted by Crippen LogP contribution is 2.18. The Hall–Kier alpha value is -3.16. The van der Waals surface area contributed by atoms with Gasteiger partial charge in [0.25, 0.3) is 15.9 Å². The first kappa shape index (κ1) is 22.5. The number of benzene rings is 3. The van der Waals surface area contributed by atoms with Crippen LogP contribution in [0.3, 0.4) is 0 Å². The van der Waals surface area contributed by atoms with Gasteiger partial charge in [0.1, 0.15) is 0 Å². The average Bonchev–Trinajstić information content (AvgIpc) is 2.78. The number of nitrogens with zero attached hydrogens (tertiary/aromatic N) is 1. The van der Waals surface area contributed by atoms with Crippen LogP contribution in [-0.4, -0.2) is 32.3 Å². The largest absolute Gasteiger partial charge is 0.322 e. The fourth-order valence-corrected chi connectivity index (χ4v) is 4.22. The molecule has 162 valence electrons. The van der Waals surface area contributed by atoms with Crippen molar-refractivity contribution >= 4 is 27.3 Å². The molecule has 6 nitrogen and oxygen atoms in total. The lowest BCUT2D eigenvalue weighted by atomic mass is 10.1. The quantitative estimate of drug-likeness (QED) is 0.514. The van der Waals surface area contributed by atoms with Gasteiger partial charge in [0.05, 0.1) is 4.90 Å². The van der Waals surface area contributed by atoms with Crippen LogP contribution in [0.25, 0.3) is 0 Å². The molecule has 3 aromatic carbocycles. The van der Waals surface area contributed by atoms with E-state index < -0.39 is 10.0 Å². The Morgan fingerprint density at radius 2 is 1.48 bits per heavy atom. The van der Waals surface area contributed by atoms with Crippen molar-refractivity contribution in [1.29, 1.82) is 0 Å². The van der Waals surface area contributed by atoms with Crippen LogP contribution in [0, 0.1) is 0 Å². The second-order valence-electron chi connectivity index (χ2n) is 7.11. The summed E-state index contributed by atoms with van der Waals surface area (Å²) in [7, 11) is -3.72. The zero-order valence-corrected chi connectivity index (χ0v) is 18.5. The summed E-state index contributed by atoms with van der Waals surface area (Å²) in [6.45, 7) is 6.98. The monoisotopic (exact) mass is 437 g/mol. The highest BCUT2D eigenvalue weighted by atomic mass is 32.2. The van der Waals surface area contributed by atoms with Crippen LogP contribution in [0.5, 0.6) is 0 Å². The molecule has 3 rings (SSSR count). The van der Waals surface area contributed by atoms with Gasteiger partial charge in [-0.3, -0.25) is 14.4 Å². The molecule has 0 aliphatic heterocycles. The molecule has 2 N–H and O–H groups in total. The van der Waals surface area contributed by atoms with Gasteiger partial charge in [-0.25, -0.2) is 8.42 Å². The molecule has 0 spiro atoms. The summed E-state index contributed by atoms with van der Waals surface area (Å²) in [6.07, 6.45) is 0. The predicted octanol–water partition coefficient (Wildman–Crippen LogP) is 4.58. The van der Waals surface area contributed by atoms with Crippen molar-refractivity contribution in [2.24, 2.45) is 0 Å². The Morgan fingerprint density at radius 1 is 0.839 bits per heavy atom. The Morgan fingerprint density at radius 3 is 2.13 bits per heavy atom. The third kappa shape index (κ3) is 6.16. The molecule has 0 unspecified atom stereocenters. The first-order valence-corrected chi connectivity index (χ1v) is 11.7. The number of carbonyl (C=O) groups is 1. The Labute approximate surface area is 184 Å². The van der Waals surface area contributed by atoms with E-state index in [2.05, 4.69) is 28.8 Å². The molecule has 0 saturated carbocycles. The smallest absolute Gasteiger partial charge is 0.261 e. The molecule has 7 heteroatoms. The number of hydrogen-bond donors (Lipinski definition) is 2. The number of nitrogens with one attached hydrogen (secondary N) is 2. The first-order chi connectivity index (χ1) is 14.9. The summed E-state index contributed by atoms with van der Waals surface area (Å²) in [5.41, 5.74) is 2.69. The van der Waals surface area contributed by atoms with Gasteiger partial charge in [0.2, 0.25) is 0 Å². The molecule has 1 amide bonds. The van der Waals surface area contributed by atoms with Crippen LogP contribution >= 0.6 is 0 Å². The van der Waals surface area contributed by atoms with Crippen LogP contribution in [-0.2, 0) is 16.6 Å². The van der Waals surface area contributed by atoms with Gasteiger partial charge in [-0.1, -0.05) is 44.2 Å². The number of hydrogen-bond acceptors (Lipinski definition) is 4. The van der Waals surface area contributed by atoms with E-state index in [9.17, 15) is 13.2 Å². The Balaban J connectivity index is 1.68. The van der Waals surface area contributed by atoms with Crippen molar-refractivity contribution in [2.75, 3.05) is 23.1 Å². The minimum atomic E-state index is -3.72. The van der Waals surface area contributed by atoms with Crippen LogP contribution in [0.4, 0.5) is 11.4 Å². The second kappa shape index (κ2) is 10.2. The SMILES string of the molecule is CCN(CC)Cc1cccc(NC(=O)c2ccc(S(=O)(=O)Nc3ccccc3)cc2)c1. The van der Waals surface area contributed by atoms with Crippen molar-refractivity contribution in [2.45, 2.75) is 25.3 Å². The van der Waals surface area contributed by atoms with E-state index in [0.717, 1.165) is 25.2 Å². The minimum absolute atomic E-state index is 0.0918. The van der Waals surface area contributed by atoms with E-state index in [1.54, 1.807) is 24.3 Å². The van der Waals surface area contributed by atoms with Crippen LogP contribution in [0.1, 0.15) is 29.8 Å². The van der Waals surface area contributed by atoms with Crippen LogP contribution < -0.4 is 10.0 Å². The van der Waals surface area contributed by atoms with Crippen LogP contribution in [0.2, 0.25) is 0 Å². The first-order valence-electron chi connectivity index (χ1n) is 10.2. The zero-order valence-electron chi connectivity index (χ0n) is 17.7. The highest BCUT2D eigenvalue weighted by Gasteiger charge is 2.15. The van der Waals surface area contributed by atoms with Crippen LogP contribution in [0.15, 0.2) is 83.8 Å². The van der Waals surface area contributed by atoms with Crippen molar-refractivity contribution < 1.29 is 13.2 Å². The van der Waals surface area contributed by atoms with Gasteiger partial charge in [-0.2, -0.15) is 0 Å². The lowest BCUT2D eigenvalue weighted by Gasteiger charge is -2.18. The normalized spacial score (nSPS) is 11.3. The summed E-state index contributed by atoms with van der Waals surface area (Å²) in [6, 6.07) is 22.3. The molecule has 0 atom stereocenters. The zero-order chi connectivity index (χ0) is 22.3. The number of amides is 1. The number of anilines is 2. The Kier molecular flexibility index (Phi) is 7.44. The van der Waals surface area contributed by atoms with Gasteiger partial charge < -0.3 is 5.32 Å². The molecule has 31 heavy (non-hydrogen) atoms. The second-order valence-corrected chi connectivity index (χ2v) is 8.79. The van der Waals surface area contributed by atoms with Gasteiger partial charge in [0, 0.05) is 23.5 Å². The molecule has 0 aliphatic carbocycles. The summed E-state index contributed by atoms with van der Waals surface area (Å²) in [5.74, 6) is -0.292. The van der Waals surface area contributed by atoms with E-state index >= 15 is 0 Å². The summed E-state index contributed by atoms with van der Waals surface area (Å²) in [5, 5.41) is 2.88. The third-order valence-corrected chi connectivity index (χ3v) is 6.34. The van der Waals surface area contributed by atoms with E-state index in [1.807, 2.05) is 30.3 Å². The topological polar surface area (TPSA) is 78.5 Å². The van der Waals surface area contributed by atoms with Crippen molar-refractivity contribution in [3.63, 3.8) is 0 Å². The van der Waals surface area contributed by atoms with E-state index in [1.165, 1.54) is 24.3 Å². The molecular weight excluding hydrogens is 410 g/mol. The molecule has 0 fully saturated rings. The number of para-hydroxylation sites is 1. The molecule has 0 radical (unpaired) electrons. The van der Waals surface area contributed by atoms with Crippen molar-refractivity contribution in [3.8, 4) is 0 Å².